The van der Waals surface area contributed by atoms with Crippen molar-refractivity contribution in [1.29, 1.82) is 0 Å². The van der Waals surface area contributed by atoms with Crippen molar-refractivity contribution in [3.8, 4) is 5.75 Å². The Morgan fingerprint density at radius 2 is 2.00 bits per heavy atom. The lowest BCUT2D eigenvalue weighted by molar-refractivity contribution is 0.139. The van der Waals surface area contributed by atoms with E-state index in [0.717, 1.165) is 12.0 Å². The van der Waals surface area contributed by atoms with Gasteiger partial charge in [-0.1, -0.05) is 20.8 Å². The van der Waals surface area contributed by atoms with E-state index in [1.54, 1.807) is 19.1 Å². The zero-order valence-electron chi connectivity index (χ0n) is 13.0. The molecule has 1 unspecified atom stereocenters. The fraction of sp³-hybridized carbons (Fsp3) is 0.600. The second-order valence-corrected chi connectivity index (χ2v) is 8.04. The van der Waals surface area contributed by atoms with Crippen LogP contribution < -0.4 is 9.88 Å². The summed E-state index contributed by atoms with van der Waals surface area (Å²) in [4.78, 5) is 0.155. The average Bonchev–Trinajstić information content (AvgIpc) is 2.78. The monoisotopic (exact) mass is 313 g/mol. The lowest BCUT2D eigenvalue weighted by Crippen LogP contribution is -2.22. The Morgan fingerprint density at radius 1 is 1.33 bits per heavy atom. The van der Waals surface area contributed by atoms with Gasteiger partial charge in [0.2, 0.25) is 10.0 Å². The summed E-state index contributed by atoms with van der Waals surface area (Å²) in [6.45, 7) is 9.04. The standard InChI is InChI=1S/C15H23NO4S/c1-10-7-13(20-11-5-6-19-9-11)12(15(2,3)4)8-14(10)21(16,17)18/h7-8,11H,5-6,9H2,1-4H3,(H2,16,17,18). The van der Waals surface area contributed by atoms with Gasteiger partial charge in [-0.25, -0.2) is 13.6 Å². The van der Waals surface area contributed by atoms with E-state index in [2.05, 4.69) is 0 Å². The number of hydrogen-bond donors (Lipinski definition) is 1. The third kappa shape index (κ3) is 3.75. The van der Waals surface area contributed by atoms with Gasteiger partial charge in [0, 0.05) is 12.0 Å². The quantitative estimate of drug-likeness (QED) is 0.927. The fourth-order valence-corrected chi connectivity index (χ4v) is 3.23. The normalized spacial score (nSPS) is 19.8. The largest absolute Gasteiger partial charge is 0.488 e. The van der Waals surface area contributed by atoms with Crippen molar-refractivity contribution in [3.63, 3.8) is 0 Å². The number of rotatable bonds is 3. The summed E-state index contributed by atoms with van der Waals surface area (Å²) in [6.07, 6.45) is 0.866. The first-order chi connectivity index (χ1) is 9.59. The van der Waals surface area contributed by atoms with Gasteiger partial charge < -0.3 is 9.47 Å². The summed E-state index contributed by atoms with van der Waals surface area (Å²) in [5, 5.41) is 5.29. The molecular weight excluding hydrogens is 290 g/mol. The van der Waals surface area contributed by atoms with Crippen LogP contribution in [0, 0.1) is 6.92 Å². The molecule has 0 aliphatic carbocycles. The molecule has 0 radical (unpaired) electrons. The van der Waals surface area contributed by atoms with Gasteiger partial charge in [0.25, 0.3) is 0 Å². The lowest BCUT2D eigenvalue weighted by Gasteiger charge is -2.26. The Balaban J connectivity index is 2.50. The molecule has 1 saturated heterocycles. The smallest absolute Gasteiger partial charge is 0.238 e. The number of ether oxygens (including phenoxy) is 2. The molecule has 0 saturated carbocycles. The van der Waals surface area contributed by atoms with Crippen molar-refractivity contribution >= 4 is 10.0 Å². The molecule has 2 rings (SSSR count). The van der Waals surface area contributed by atoms with E-state index in [9.17, 15) is 8.42 Å². The molecule has 1 aliphatic heterocycles. The van der Waals surface area contributed by atoms with Crippen molar-refractivity contribution in [3.05, 3.63) is 23.3 Å². The van der Waals surface area contributed by atoms with Crippen LogP contribution in [0.3, 0.4) is 0 Å². The van der Waals surface area contributed by atoms with Gasteiger partial charge in [-0.05, 0) is 30.0 Å². The molecule has 0 spiro atoms. The third-order valence-corrected chi connectivity index (χ3v) is 4.63. The molecule has 1 aromatic carbocycles. The minimum absolute atomic E-state index is 0.0193. The average molecular weight is 313 g/mol. The lowest BCUT2D eigenvalue weighted by atomic mass is 9.86. The Bertz CT molecular complexity index is 626. The van der Waals surface area contributed by atoms with Crippen molar-refractivity contribution in [2.24, 2.45) is 5.14 Å². The summed E-state index contributed by atoms with van der Waals surface area (Å²) < 4.78 is 34.8. The van der Waals surface area contributed by atoms with Crippen LogP contribution in [0.15, 0.2) is 17.0 Å². The minimum Gasteiger partial charge on any atom is -0.488 e. The molecule has 21 heavy (non-hydrogen) atoms. The Hall–Kier alpha value is -1.11. The van der Waals surface area contributed by atoms with Gasteiger partial charge in [-0.15, -0.1) is 0 Å². The number of aryl methyl sites for hydroxylation is 1. The third-order valence-electron chi connectivity index (χ3n) is 3.57. The number of benzene rings is 1. The summed E-state index contributed by atoms with van der Waals surface area (Å²) in [5.41, 5.74) is 1.19. The molecule has 118 valence electrons. The van der Waals surface area contributed by atoms with Gasteiger partial charge >= 0.3 is 0 Å². The maximum absolute atomic E-state index is 11.7. The van der Waals surface area contributed by atoms with E-state index >= 15 is 0 Å². The maximum atomic E-state index is 11.7. The zero-order valence-corrected chi connectivity index (χ0v) is 13.8. The van der Waals surface area contributed by atoms with E-state index in [-0.39, 0.29) is 16.4 Å². The molecule has 1 heterocycles. The van der Waals surface area contributed by atoms with Gasteiger partial charge in [-0.2, -0.15) is 0 Å². The van der Waals surface area contributed by atoms with Crippen LogP contribution >= 0.6 is 0 Å². The maximum Gasteiger partial charge on any atom is 0.238 e. The first-order valence-corrected chi connectivity index (χ1v) is 8.56. The van der Waals surface area contributed by atoms with Gasteiger partial charge in [0.15, 0.2) is 0 Å². The second-order valence-electron chi connectivity index (χ2n) is 6.51. The molecule has 1 aromatic rings. The van der Waals surface area contributed by atoms with Crippen LogP contribution in [0.5, 0.6) is 5.75 Å². The van der Waals surface area contributed by atoms with Gasteiger partial charge in [0.05, 0.1) is 18.1 Å². The SMILES string of the molecule is Cc1cc(OC2CCOC2)c(C(C)(C)C)cc1S(N)(=O)=O. The summed E-state index contributed by atoms with van der Waals surface area (Å²) in [7, 11) is -3.74. The second kappa shape index (κ2) is 5.59. The topological polar surface area (TPSA) is 78.6 Å². The van der Waals surface area contributed by atoms with Crippen molar-refractivity contribution in [1.82, 2.24) is 0 Å². The highest BCUT2D eigenvalue weighted by Crippen LogP contribution is 2.36. The predicted octanol–water partition coefficient (Wildman–Crippen LogP) is 2.11. The minimum atomic E-state index is -3.74. The van der Waals surface area contributed by atoms with E-state index in [1.807, 2.05) is 20.8 Å². The number of sulfonamides is 1. The van der Waals surface area contributed by atoms with E-state index in [0.29, 0.717) is 24.5 Å². The van der Waals surface area contributed by atoms with Crippen LogP contribution in [-0.2, 0) is 20.2 Å². The van der Waals surface area contributed by atoms with Crippen LogP contribution in [0.25, 0.3) is 0 Å². The number of nitrogens with two attached hydrogens (primary N) is 1. The molecule has 6 heteroatoms. The molecule has 0 bridgehead atoms. The summed E-state index contributed by atoms with van der Waals surface area (Å²) in [5.74, 6) is 0.711. The van der Waals surface area contributed by atoms with E-state index in [1.165, 1.54) is 0 Å². The Labute approximate surface area is 126 Å². The van der Waals surface area contributed by atoms with E-state index in [4.69, 9.17) is 14.6 Å². The highest BCUT2D eigenvalue weighted by molar-refractivity contribution is 7.89. The van der Waals surface area contributed by atoms with Crippen molar-refractivity contribution in [2.75, 3.05) is 13.2 Å². The molecule has 1 fully saturated rings. The molecule has 5 nitrogen and oxygen atoms in total. The summed E-state index contributed by atoms with van der Waals surface area (Å²) >= 11 is 0. The summed E-state index contributed by atoms with van der Waals surface area (Å²) in [6, 6.07) is 3.40. The Kier molecular flexibility index (Phi) is 4.33. The van der Waals surface area contributed by atoms with Gasteiger partial charge in [-0.3, -0.25) is 0 Å². The number of primary sulfonamides is 1. The zero-order chi connectivity index (χ0) is 15.8. The van der Waals surface area contributed by atoms with Crippen LogP contribution in [0.1, 0.15) is 38.3 Å². The first-order valence-electron chi connectivity index (χ1n) is 7.01. The van der Waals surface area contributed by atoms with Crippen molar-refractivity contribution in [2.45, 2.75) is 50.5 Å². The molecular formula is C15H23NO4S. The highest BCUT2D eigenvalue weighted by atomic mass is 32.2. The molecule has 0 aromatic heterocycles. The van der Waals surface area contributed by atoms with Crippen LogP contribution in [0.4, 0.5) is 0 Å². The highest BCUT2D eigenvalue weighted by Gasteiger charge is 2.26. The molecule has 0 amide bonds. The molecule has 1 atom stereocenters. The Morgan fingerprint density at radius 3 is 2.48 bits per heavy atom. The van der Waals surface area contributed by atoms with Crippen LogP contribution in [0.2, 0.25) is 0 Å². The predicted molar refractivity (Wildman–Crippen MR) is 81.1 cm³/mol. The first kappa shape index (κ1) is 16.3. The van der Waals surface area contributed by atoms with Crippen LogP contribution in [-0.4, -0.2) is 27.7 Å². The van der Waals surface area contributed by atoms with Crippen molar-refractivity contribution < 1.29 is 17.9 Å². The molecule has 1 aliphatic rings. The van der Waals surface area contributed by atoms with E-state index < -0.39 is 10.0 Å². The number of hydrogen-bond acceptors (Lipinski definition) is 4. The van der Waals surface area contributed by atoms with Gasteiger partial charge in [0.1, 0.15) is 11.9 Å². The fourth-order valence-electron chi connectivity index (χ4n) is 2.44. The molecule has 2 N–H and O–H groups in total.